The summed E-state index contributed by atoms with van der Waals surface area (Å²) >= 11 is 3.36. The van der Waals surface area contributed by atoms with E-state index < -0.39 is 0 Å². The van der Waals surface area contributed by atoms with Gasteiger partial charge in [-0.2, -0.15) is 5.10 Å². The van der Waals surface area contributed by atoms with Gasteiger partial charge in [-0.15, -0.1) is 0 Å². The number of halogens is 1. The van der Waals surface area contributed by atoms with Crippen LogP contribution in [0.4, 0.5) is 0 Å². The predicted octanol–water partition coefficient (Wildman–Crippen LogP) is 0.565. The zero-order valence-corrected chi connectivity index (χ0v) is 8.45. The summed E-state index contributed by atoms with van der Waals surface area (Å²) < 4.78 is 2.58. The number of rotatable bonds is 3. The molecule has 1 atom stereocenters. The summed E-state index contributed by atoms with van der Waals surface area (Å²) in [5, 5.41) is 12.7. The van der Waals surface area contributed by atoms with Crippen molar-refractivity contribution in [2.45, 2.75) is 12.5 Å². The van der Waals surface area contributed by atoms with Crippen molar-refractivity contribution in [2.75, 3.05) is 6.61 Å². The van der Waals surface area contributed by atoms with Crippen LogP contribution in [0.5, 0.6) is 0 Å². The number of aromatic nitrogens is 2. The molecule has 0 fully saturated rings. The summed E-state index contributed by atoms with van der Waals surface area (Å²) in [6.45, 7) is 0.0997. The number of aliphatic hydroxyl groups is 1. The smallest absolute Gasteiger partial charge is 0.108 e. The zero-order valence-electron chi connectivity index (χ0n) is 6.87. The van der Waals surface area contributed by atoms with Crippen LogP contribution in [-0.2, 0) is 7.05 Å². The van der Waals surface area contributed by atoms with Crippen molar-refractivity contribution < 1.29 is 5.11 Å². The van der Waals surface area contributed by atoms with Crippen LogP contribution >= 0.6 is 15.9 Å². The third-order valence-corrected chi connectivity index (χ3v) is 2.70. The molecule has 0 saturated heterocycles. The van der Waals surface area contributed by atoms with E-state index in [9.17, 15) is 0 Å². The van der Waals surface area contributed by atoms with Crippen LogP contribution in [-0.4, -0.2) is 21.5 Å². The van der Waals surface area contributed by atoms with Crippen molar-refractivity contribution in [3.8, 4) is 0 Å². The average molecular weight is 234 g/mol. The Morgan fingerprint density at radius 3 is 2.92 bits per heavy atom. The molecule has 12 heavy (non-hydrogen) atoms. The van der Waals surface area contributed by atoms with Gasteiger partial charge in [0.25, 0.3) is 0 Å². The molecule has 4 nitrogen and oxygen atoms in total. The molecule has 0 aliphatic carbocycles. The lowest BCUT2D eigenvalue weighted by Crippen LogP contribution is -2.11. The maximum absolute atomic E-state index is 8.67. The Labute approximate surface area is 79.5 Å². The molecule has 0 aliphatic rings. The van der Waals surface area contributed by atoms with Crippen molar-refractivity contribution in [1.82, 2.24) is 9.78 Å². The van der Waals surface area contributed by atoms with Gasteiger partial charge in [-0.25, -0.2) is 0 Å². The summed E-state index contributed by atoms with van der Waals surface area (Å²) in [5.74, 6) is 0. The van der Waals surface area contributed by atoms with Crippen molar-refractivity contribution in [3.05, 3.63) is 16.4 Å². The Balaban J connectivity index is 2.80. The van der Waals surface area contributed by atoms with Crippen LogP contribution in [0, 0.1) is 0 Å². The van der Waals surface area contributed by atoms with Gasteiger partial charge in [0.2, 0.25) is 0 Å². The number of nitrogens with two attached hydrogens (primary N) is 1. The molecule has 5 heteroatoms. The molecule has 0 spiro atoms. The standard InChI is InChI=1S/C7H12BrN3O/c1-11-7(8)5(4-10-11)6(9)2-3-12/h4,6,12H,2-3,9H2,1H3. The van der Waals surface area contributed by atoms with Gasteiger partial charge in [-0.3, -0.25) is 4.68 Å². The summed E-state index contributed by atoms with van der Waals surface area (Å²) in [4.78, 5) is 0. The van der Waals surface area contributed by atoms with Crippen molar-refractivity contribution in [1.29, 1.82) is 0 Å². The first kappa shape index (κ1) is 9.70. The van der Waals surface area contributed by atoms with E-state index in [0.29, 0.717) is 6.42 Å². The molecule has 0 aromatic carbocycles. The molecule has 1 rings (SSSR count). The average Bonchev–Trinajstić information content (AvgIpc) is 2.34. The van der Waals surface area contributed by atoms with Gasteiger partial charge in [-0.1, -0.05) is 0 Å². The highest BCUT2D eigenvalue weighted by atomic mass is 79.9. The van der Waals surface area contributed by atoms with Gasteiger partial charge >= 0.3 is 0 Å². The lowest BCUT2D eigenvalue weighted by Gasteiger charge is -2.07. The van der Waals surface area contributed by atoms with E-state index in [0.717, 1.165) is 10.2 Å². The third kappa shape index (κ3) is 1.85. The first-order chi connectivity index (χ1) is 5.66. The Bertz CT molecular complexity index is 261. The molecule has 0 amide bonds. The van der Waals surface area contributed by atoms with E-state index in [1.807, 2.05) is 7.05 Å². The Kier molecular flexibility index (Phi) is 3.25. The molecule has 0 aliphatic heterocycles. The second-order valence-electron chi connectivity index (χ2n) is 2.63. The number of aryl methyl sites for hydroxylation is 1. The fourth-order valence-electron chi connectivity index (χ4n) is 0.983. The monoisotopic (exact) mass is 233 g/mol. The Hall–Kier alpha value is -0.390. The first-order valence-electron chi connectivity index (χ1n) is 3.70. The Morgan fingerprint density at radius 1 is 1.83 bits per heavy atom. The molecule has 1 heterocycles. The fraction of sp³-hybridized carbons (Fsp3) is 0.571. The Morgan fingerprint density at radius 2 is 2.50 bits per heavy atom. The van der Waals surface area contributed by atoms with E-state index in [2.05, 4.69) is 21.0 Å². The van der Waals surface area contributed by atoms with E-state index in [1.165, 1.54) is 0 Å². The van der Waals surface area contributed by atoms with E-state index in [4.69, 9.17) is 10.8 Å². The van der Waals surface area contributed by atoms with E-state index in [-0.39, 0.29) is 12.6 Å². The minimum atomic E-state index is -0.141. The second-order valence-corrected chi connectivity index (χ2v) is 3.38. The molecular formula is C7H12BrN3O. The predicted molar refractivity (Wildman–Crippen MR) is 49.5 cm³/mol. The van der Waals surface area contributed by atoms with Crippen LogP contribution in [0.1, 0.15) is 18.0 Å². The van der Waals surface area contributed by atoms with Gasteiger partial charge in [0.05, 0.1) is 6.20 Å². The minimum absolute atomic E-state index is 0.0997. The molecule has 1 aromatic heterocycles. The number of hydrogen-bond acceptors (Lipinski definition) is 3. The van der Waals surface area contributed by atoms with Crippen molar-refractivity contribution in [3.63, 3.8) is 0 Å². The molecular weight excluding hydrogens is 222 g/mol. The van der Waals surface area contributed by atoms with Crippen LogP contribution < -0.4 is 5.73 Å². The van der Waals surface area contributed by atoms with Crippen molar-refractivity contribution in [2.24, 2.45) is 12.8 Å². The topological polar surface area (TPSA) is 64.1 Å². The van der Waals surface area contributed by atoms with Crippen LogP contribution in [0.15, 0.2) is 10.8 Å². The summed E-state index contributed by atoms with van der Waals surface area (Å²) in [6, 6.07) is -0.141. The number of nitrogens with zero attached hydrogens (tertiary/aromatic N) is 2. The second kappa shape index (κ2) is 4.02. The summed E-state index contributed by atoms with van der Waals surface area (Å²) in [6.07, 6.45) is 2.27. The van der Waals surface area contributed by atoms with Gasteiger partial charge < -0.3 is 10.8 Å². The molecule has 0 bridgehead atoms. The highest BCUT2D eigenvalue weighted by molar-refractivity contribution is 9.10. The third-order valence-electron chi connectivity index (χ3n) is 1.73. The van der Waals surface area contributed by atoms with E-state index in [1.54, 1.807) is 10.9 Å². The highest BCUT2D eigenvalue weighted by Crippen LogP contribution is 2.22. The normalized spacial score (nSPS) is 13.3. The molecule has 0 saturated carbocycles. The largest absolute Gasteiger partial charge is 0.396 e. The lowest BCUT2D eigenvalue weighted by molar-refractivity contribution is 0.276. The van der Waals surface area contributed by atoms with Gasteiger partial charge in [0, 0.05) is 25.3 Å². The molecule has 68 valence electrons. The van der Waals surface area contributed by atoms with E-state index >= 15 is 0 Å². The first-order valence-corrected chi connectivity index (χ1v) is 4.50. The minimum Gasteiger partial charge on any atom is -0.396 e. The van der Waals surface area contributed by atoms with Crippen LogP contribution in [0.3, 0.4) is 0 Å². The number of aliphatic hydroxyl groups excluding tert-OH is 1. The van der Waals surface area contributed by atoms with Crippen LogP contribution in [0.2, 0.25) is 0 Å². The molecule has 1 aromatic rings. The van der Waals surface area contributed by atoms with Gasteiger partial charge in [0.1, 0.15) is 4.60 Å². The summed E-state index contributed by atoms with van der Waals surface area (Å²) in [5.41, 5.74) is 6.71. The zero-order chi connectivity index (χ0) is 9.14. The van der Waals surface area contributed by atoms with Gasteiger partial charge in [0.15, 0.2) is 0 Å². The maximum atomic E-state index is 8.67. The molecule has 0 radical (unpaired) electrons. The lowest BCUT2D eigenvalue weighted by atomic mass is 10.1. The van der Waals surface area contributed by atoms with Gasteiger partial charge in [-0.05, 0) is 22.4 Å². The molecule has 3 N–H and O–H groups in total. The quantitative estimate of drug-likeness (QED) is 0.803. The number of hydrogen-bond donors (Lipinski definition) is 2. The SMILES string of the molecule is Cn1ncc(C(N)CCO)c1Br. The van der Waals surface area contributed by atoms with Crippen molar-refractivity contribution >= 4 is 15.9 Å². The molecule has 1 unspecified atom stereocenters. The highest BCUT2D eigenvalue weighted by Gasteiger charge is 2.12. The van der Waals surface area contributed by atoms with Crippen LogP contribution in [0.25, 0.3) is 0 Å². The maximum Gasteiger partial charge on any atom is 0.108 e. The fourth-order valence-corrected chi connectivity index (χ4v) is 1.47. The summed E-state index contributed by atoms with van der Waals surface area (Å²) in [7, 11) is 1.83.